The van der Waals surface area contributed by atoms with Crippen molar-refractivity contribution in [2.24, 2.45) is 5.92 Å². The van der Waals surface area contributed by atoms with Crippen molar-refractivity contribution in [1.29, 1.82) is 0 Å². The van der Waals surface area contributed by atoms with Crippen LogP contribution >= 0.6 is 0 Å². The molecule has 3 aromatic rings. The summed E-state index contributed by atoms with van der Waals surface area (Å²) in [5, 5.41) is 2.72. The van der Waals surface area contributed by atoms with Crippen LogP contribution in [0.3, 0.4) is 0 Å². The Kier molecular flexibility index (Phi) is 7.41. The Labute approximate surface area is 188 Å². The first-order valence-electron chi connectivity index (χ1n) is 12.1. The lowest BCUT2D eigenvalue weighted by molar-refractivity contribution is 0.376. The zero-order valence-electron chi connectivity index (χ0n) is 19.0. The van der Waals surface area contributed by atoms with E-state index < -0.39 is 0 Å². The van der Waals surface area contributed by atoms with Gasteiger partial charge in [-0.3, -0.25) is 0 Å². The summed E-state index contributed by atoms with van der Waals surface area (Å²) in [4.78, 5) is 0. The molecule has 4 rings (SSSR count). The molecule has 0 aromatic heterocycles. The highest BCUT2D eigenvalue weighted by Gasteiger charge is 2.20. The lowest BCUT2D eigenvalue weighted by atomic mass is 9.78. The topological polar surface area (TPSA) is 0 Å². The summed E-state index contributed by atoms with van der Waals surface area (Å²) in [7, 11) is 0. The highest BCUT2D eigenvalue weighted by molar-refractivity contribution is 5.83. The van der Waals surface area contributed by atoms with Crippen molar-refractivity contribution in [3.63, 3.8) is 0 Å². The Morgan fingerprint density at radius 3 is 1.94 bits per heavy atom. The van der Waals surface area contributed by atoms with E-state index in [1.807, 2.05) is 0 Å². The van der Waals surface area contributed by atoms with Crippen LogP contribution in [0.2, 0.25) is 0 Å². The van der Waals surface area contributed by atoms with Gasteiger partial charge in [0.1, 0.15) is 0 Å². The van der Waals surface area contributed by atoms with Gasteiger partial charge in [-0.2, -0.15) is 0 Å². The van der Waals surface area contributed by atoms with E-state index in [1.165, 1.54) is 58.7 Å². The largest absolute Gasteiger partial charge is 0.103 e. The maximum Gasteiger partial charge on any atom is -0.0162 e. The number of allylic oxidation sites excluding steroid dienone is 3. The molecule has 0 amide bonds. The van der Waals surface area contributed by atoms with Crippen LogP contribution in [0.25, 0.3) is 10.8 Å². The first kappa shape index (κ1) is 21.6. The first-order valence-corrected chi connectivity index (χ1v) is 12.1. The van der Waals surface area contributed by atoms with Gasteiger partial charge >= 0.3 is 0 Å². The summed E-state index contributed by atoms with van der Waals surface area (Å²) in [6.45, 7) is 6.06. The second-order valence-electron chi connectivity index (χ2n) is 9.21. The maximum absolute atomic E-state index is 3.97. The Morgan fingerprint density at radius 1 is 0.742 bits per heavy atom. The molecule has 0 heteroatoms. The SMILES string of the molecule is C=CC1CCC(c2ccc(CCc3ccc4cc(CC/C=C/C)ccc4c3)cc2)CC1. The Balaban J connectivity index is 1.34. The number of hydrogen-bond donors (Lipinski definition) is 0. The molecule has 0 aliphatic heterocycles. The van der Waals surface area contributed by atoms with Crippen molar-refractivity contribution in [2.45, 2.75) is 64.2 Å². The molecule has 0 saturated heterocycles. The fourth-order valence-corrected chi connectivity index (χ4v) is 5.01. The van der Waals surface area contributed by atoms with Gasteiger partial charge in [0.25, 0.3) is 0 Å². The van der Waals surface area contributed by atoms with Gasteiger partial charge in [-0.15, -0.1) is 6.58 Å². The number of benzene rings is 3. The van der Waals surface area contributed by atoms with Crippen molar-refractivity contribution >= 4 is 10.8 Å². The second kappa shape index (κ2) is 10.6. The molecular weight excluding hydrogens is 372 g/mol. The molecule has 0 N–H and O–H groups in total. The molecule has 1 aliphatic carbocycles. The molecule has 1 fully saturated rings. The molecule has 0 unspecified atom stereocenters. The molecular formula is C31H36. The fraction of sp³-hybridized carbons (Fsp3) is 0.355. The summed E-state index contributed by atoms with van der Waals surface area (Å²) in [6.07, 6.45) is 16.2. The first-order chi connectivity index (χ1) is 15.2. The van der Waals surface area contributed by atoms with E-state index in [0.29, 0.717) is 0 Å². The van der Waals surface area contributed by atoms with Crippen LogP contribution < -0.4 is 0 Å². The van der Waals surface area contributed by atoms with Gasteiger partial charge in [-0.1, -0.05) is 78.9 Å². The minimum Gasteiger partial charge on any atom is -0.103 e. The van der Waals surface area contributed by atoms with Crippen molar-refractivity contribution in [3.8, 4) is 0 Å². The molecule has 1 aliphatic rings. The zero-order chi connectivity index (χ0) is 21.5. The van der Waals surface area contributed by atoms with E-state index in [0.717, 1.165) is 37.5 Å². The Morgan fingerprint density at radius 2 is 1.32 bits per heavy atom. The Hall–Kier alpha value is -2.60. The normalized spacial score (nSPS) is 19.1. The fourth-order valence-electron chi connectivity index (χ4n) is 5.01. The molecule has 0 nitrogen and oxygen atoms in total. The van der Waals surface area contributed by atoms with Crippen LogP contribution in [-0.4, -0.2) is 0 Å². The summed E-state index contributed by atoms with van der Waals surface area (Å²) < 4.78 is 0. The molecule has 0 radical (unpaired) electrons. The predicted molar refractivity (Wildman–Crippen MR) is 136 cm³/mol. The predicted octanol–water partition coefficient (Wildman–Crippen LogP) is 8.59. The molecule has 1 saturated carbocycles. The molecule has 0 spiro atoms. The highest BCUT2D eigenvalue weighted by Crippen LogP contribution is 2.36. The van der Waals surface area contributed by atoms with Gasteiger partial charge in [0.05, 0.1) is 0 Å². The Bertz CT molecular complexity index is 1010. The standard InChI is InChI=1S/C31H36/c1-3-5-6-7-26-14-20-31-23-27(15-21-30(31)22-26)9-8-25-12-18-29(19-13-25)28-16-10-24(4-2)11-17-28/h3-5,12-15,18-24,28H,2,6-11,16-17H2,1H3/b5-3+. The van der Waals surface area contributed by atoms with Crippen LogP contribution in [0.4, 0.5) is 0 Å². The van der Waals surface area contributed by atoms with Gasteiger partial charge in [-0.25, -0.2) is 0 Å². The monoisotopic (exact) mass is 408 g/mol. The van der Waals surface area contributed by atoms with Gasteiger partial charge in [0, 0.05) is 0 Å². The van der Waals surface area contributed by atoms with Crippen molar-refractivity contribution in [3.05, 3.63) is 108 Å². The van der Waals surface area contributed by atoms with E-state index in [2.05, 4.69) is 92.4 Å². The van der Waals surface area contributed by atoms with Crippen LogP contribution in [0.5, 0.6) is 0 Å². The molecule has 0 heterocycles. The van der Waals surface area contributed by atoms with Gasteiger partial charge < -0.3 is 0 Å². The van der Waals surface area contributed by atoms with Crippen molar-refractivity contribution < 1.29 is 0 Å². The maximum atomic E-state index is 3.97. The van der Waals surface area contributed by atoms with E-state index in [4.69, 9.17) is 0 Å². The second-order valence-corrected chi connectivity index (χ2v) is 9.21. The van der Waals surface area contributed by atoms with E-state index >= 15 is 0 Å². The van der Waals surface area contributed by atoms with E-state index in [-0.39, 0.29) is 0 Å². The highest BCUT2D eigenvalue weighted by atomic mass is 14.2. The average molecular weight is 409 g/mol. The lowest BCUT2D eigenvalue weighted by Gasteiger charge is -2.27. The number of fused-ring (bicyclic) bond motifs is 1. The smallest absolute Gasteiger partial charge is 0.0162 e. The molecule has 0 bridgehead atoms. The van der Waals surface area contributed by atoms with Crippen LogP contribution in [0, 0.1) is 5.92 Å². The molecule has 3 aromatic carbocycles. The van der Waals surface area contributed by atoms with E-state index in [1.54, 1.807) is 0 Å². The average Bonchev–Trinajstić information content (AvgIpc) is 2.83. The summed E-state index contributed by atoms with van der Waals surface area (Å²) in [6, 6.07) is 23.4. The number of rotatable bonds is 8. The minimum absolute atomic E-state index is 0.738. The summed E-state index contributed by atoms with van der Waals surface area (Å²) >= 11 is 0. The van der Waals surface area contributed by atoms with Gasteiger partial charge in [0.2, 0.25) is 0 Å². The molecule has 31 heavy (non-hydrogen) atoms. The third-order valence-electron chi connectivity index (χ3n) is 7.06. The minimum atomic E-state index is 0.738. The van der Waals surface area contributed by atoms with Crippen molar-refractivity contribution in [1.82, 2.24) is 0 Å². The summed E-state index contributed by atoms with van der Waals surface area (Å²) in [5.74, 6) is 1.48. The molecule has 0 atom stereocenters. The third kappa shape index (κ3) is 5.76. The number of hydrogen-bond acceptors (Lipinski definition) is 0. The third-order valence-corrected chi connectivity index (χ3v) is 7.06. The van der Waals surface area contributed by atoms with Gasteiger partial charge in [0.15, 0.2) is 0 Å². The lowest BCUT2D eigenvalue weighted by Crippen LogP contribution is -2.11. The van der Waals surface area contributed by atoms with Crippen LogP contribution in [0.1, 0.15) is 67.2 Å². The van der Waals surface area contributed by atoms with Crippen LogP contribution in [-0.2, 0) is 19.3 Å². The van der Waals surface area contributed by atoms with Crippen molar-refractivity contribution in [2.75, 3.05) is 0 Å². The van der Waals surface area contributed by atoms with Gasteiger partial charge in [-0.05, 0) is 103 Å². The van der Waals surface area contributed by atoms with E-state index in [9.17, 15) is 0 Å². The zero-order valence-corrected chi connectivity index (χ0v) is 19.0. The van der Waals surface area contributed by atoms with Crippen LogP contribution in [0.15, 0.2) is 85.5 Å². The number of aryl methyl sites for hydroxylation is 3. The summed E-state index contributed by atoms with van der Waals surface area (Å²) in [5.41, 5.74) is 5.84. The molecule has 160 valence electrons. The quantitative estimate of drug-likeness (QED) is 0.327.